The van der Waals surface area contributed by atoms with Gasteiger partial charge in [-0.2, -0.15) is 0 Å². The average molecular weight is 1900 g/mol. The lowest BCUT2D eigenvalue weighted by Gasteiger charge is -2.46. The number of carbonyl (C=O) groups excluding carboxylic acids is 4. The molecule has 12 heterocycles. The first kappa shape index (κ1) is 95.4. The zero-order valence-electron chi connectivity index (χ0n) is 77.2. The topological polar surface area (TPSA) is 300 Å². The van der Waals surface area contributed by atoms with Crippen LogP contribution in [0, 0.1) is 23.3 Å². The molecular formula is C108H104F4N12O16. The number of hydrogen-bond donors (Lipinski definition) is 4. The second-order valence-corrected chi connectivity index (χ2v) is 34.5. The Morgan fingerprint density at radius 1 is 0.264 bits per heavy atom. The quantitative estimate of drug-likeness (QED) is 0.0811. The Hall–Kier alpha value is -16.3. The monoisotopic (exact) mass is 1900 g/mol. The van der Waals surface area contributed by atoms with Gasteiger partial charge in [0.25, 0.3) is 23.6 Å². The lowest BCUT2D eigenvalue weighted by Crippen LogP contribution is -2.58. The van der Waals surface area contributed by atoms with Crippen molar-refractivity contribution in [3.05, 3.63) is 423 Å². The standard InChI is InChI=1S/4C27H26FN3O4/c4*1-2-19-11-6-7-16-35-26-20(12-8-13-21(26)28)23(18-9-4-3-5-10-18)31-17-29(19)27(34)24-25(33)22(32)14-15-30(24)31/h4*3-10,12-15,19,23,33H,2,11,16-17H2,1H3/b4*7-6+/t2*19-,23+;2*19-,23-/m1010/s1. The van der Waals surface area contributed by atoms with E-state index >= 15 is 17.6 Å². The lowest BCUT2D eigenvalue weighted by atomic mass is 9.96. The van der Waals surface area contributed by atoms with Gasteiger partial charge in [-0.25, -0.2) is 17.6 Å². The number of para-hydroxylation sites is 4. The summed E-state index contributed by atoms with van der Waals surface area (Å²) in [6.45, 7) is 9.35. The molecule has 4 aromatic heterocycles. The summed E-state index contributed by atoms with van der Waals surface area (Å²) in [5.41, 5.74) is 2.64. The molecule has 0 fully saturated rings. The highest BCUT2D eigenvalue weighted by molar-refractivity contribution is 5.99. The number of aromatic hydroxyl groups is 4. The van der Waals surface area contributed by atoms with Crippen molar-refractivity contribution in [2.45, 2.75) is 127 Å². The third-order valence-corrected chi connectivity index (χ3v) is 26.4. The Morgan fingerprint density at radius 3 is 0.657 bits per heavy atom. The lowest BCUT2D eigenvalue weighted by molar-refractivity contribution is 0.0576. The Labute approximate surface area is 803 Å². The average Bonchev–Trinajstić information content (AvgIpc) is 0.751. The highest BCUT2D eigenvalue weighted by Crippen LogP contribution is 2.46. The number of ether oxygens (including phenoxy) is 4. The molecule has 8 aromatic carbocycles. The molecule has 720 valence electrons. The van der Waals surface area contributed by atoms with E-state index in [0.717, 1.165) is 22.3 Å². The van der Waals surface area contributed by atoms with Gasteiger partial charge < -0.3 is 59.0 Å². The van der Waals surface area contributed by atoms with E-state index in [1.165, 1.54) is 92.0 Å². The van der Waals surface area contributed by atoms with Crippen molar-refractivity contribution in [1.82, 2.24) is 38.3 Å². The number of carbonyl (C=O) groups is 4. The molecule has 0 saturated carbocycles. The Bertz CT molecular complexity index is 6180. The Balaban J connectivity index is 0.000000129. The van der Waals surface area contributed by atoms with E-state index in [2.05, 4.69) is 0 Å². The number of nitrogens with zero attached hydrogens (tertiary/aromatic N) is 12. The van der Waals surface area contributed by atoms with Gasteiger partial charge >= 0.3 is 0 Å². The number of pyridine rings is 4. The fourth-order valence-corrected chi connectivity index (χ4v) is 19.4. The molecule has 0 spiro atoms. The maximum atomic E-state index is 15.1. The van der Waals surface area contributed by atoms with Gasteiger partial charge in [-0.15, -0.1) is 0 Å². The van der Waals surface area contributed by atoms with Gasteiger partial charge in [0, 0.05) is 95.5 Å². The van der Waals surface area contributed by atoms with Crippen LogP contribution >= 0.6 is 0 Å². The molecule has 8 atom stereocenters. The van der Waals surface area contributed by atoms with Crippen LogP contribution in [0.25, 0.3) is 0 Å². The number of aromatic nitrogens is 4. The van der Waals surface area contributed by atoms with Crippen molar-refractivity contribution in [3.63, 3.8) is 0 Å². The van der Waals surface area contributed by atoms with E-state index in [-0.39, 0.29) is 123 Å². The van der Waals surface area contributed by atoms with Crippen molar-refractivity contribution in [2.24, 2.45) is 0 Å². The minimum absolute atomic E-state index is 0.108. The van der Waals surface area contributed by atoms with Crippen LogP contribution in [0.2, 0.25) is 0 Å². The number of amides is 4. The minimum atomic E-state index is -0.633. The third-order valence-electron chi connectivity index (χ3n) is 26.4. The summed E-state index contributed by atoms with van der Waals surface area (Å²) in [6, 6.07) is 59.0. The van der Waals surface area contributed by atoms with Gasteiger partial charge in [-0.1, -0.05) is 246 Å². The minimum Gasteiger partial charge on any atom is -0.502 e. The molecule has 8 aliphatic rings. The number of fused-ring (bicyclic) bond motifs is 20. The molecule has 12 aromatic rings. The molecule has 0 aliphatic carbocycles. The number of benzene rings is 8. The van der Waals surface area contributed by atoms with Crippen LogP contribution < -0.4 is 60.7 Å². The Kier molecular flexibility index (Phi) is 28.7. The fourth-order valence-electron chi connectivity index (χ4n) is 19.4. The van der Waals surface area contributed by atoms with Crippen molar-refractivity contribution >= 4 is 23.6 Å². The summed E-state index contributed by atoms with van der Waals surface area (Å²) in [4.78, 5) is 110. The van der Waals surface area contributed by atoms with Crippen LogP contribution in [0.4, 0.5) is 17.6 Å². The molecule has 8 aliphatic heterocycles. The molecule has 32 heteroatoms. The van der Waals surface area contributed by atoms with Crippen molar-refractivity contribution in [1.29, 1.82) is 0 Å². The Morgan fingerprint density at radius 2 is 0.464 bits per heavy atom. The van der Waals surface area contributed by atoms with E-state index in [1.807, 2.05) is 218 Å². The number of halogens is 4. The van der Waals surface area contributed by atoms with E-state index in [1.54, 1.807) is 68.1 Å². The maximum Gasteiger partial charge on any atom is 0.278 e. The van der Waals surface area contributed by atoms with Crippen LogP contribution in [-0.4, -0.2) is 160 Å². The first-order valence-electron chi connectivity index (χ1n) is 46.6. The predicted octanol–water partition coefficient (Wildman–Crippen LogP) is 15.8. The number of rotatable bonds is 8. The molecule has 0 saturated heterocycles. The van der Waals surface area contributed by atoms with Gasteiger partial charge in [0.1, 0.15) is 77.3 Å². The third kappa shape index (κ3) is 18.7. The van der Waals surface area contributed by atoms with Gasteiger partial charge in [0.15, 0.2) is 92.0 Å². The predicted molar refractivity (Wildman–Crippen MR) is 519 cm³/mol. The highest BCUT2D eigenvalue weighted by Gasteiger charge is 2.46. The summed E-state index contributed by atoms with van der Waals surface area (Å²) >= 11 is 0. The van der Waals surface area contributed by atoms with Gasteiger partial charge in [-0.05, 0) is 97.9 Å². The summed E-state index contributed by atoms with van der Waals surface area (Å²) in [7, 11) is 0. The smallest absolute Gasteiger partial charge is 0.278 e. The molecule has 28 nitrogen and oxygen atoms in total. The fraction of sp³-hybridized carbons (Fsp3) is 0.259. The zero-order chi connectivity index (χ0) is 98.1. The van der Waals surface area contributed by atoms with E-state index in [0.29, 0.717) is 73.6 Å². The van der Waals surface area contributed by atoms with Crippen LogP contribution in [0.15, 0.2) is 311 Å². The first-order chi connectivity index (χ1) is 68.0. The van der Waals surface area contributed by atoms with Gasteiger partial charge in [0.05, 0.1) is 0 Å². The SMILES string of the molecule is CC[C@@H]1C/C=C/COc2c(F)cccc2[C@@H](c2ccccc2)N2CN1C(=O)c1c(O)c(=O)ccn12.CC[C@@H]1C/C=C/COc2c(F)cccc2[C@H](c2ccccc2)N2CN1C(=O)c1c(O)c(=O)ccn12.CC[C@H]1C/C=C/COc2c(F)cccc2[C@@H](c2ccccc2)N2CN1C(=O)c1c(O)c(=O)ccn12.CC[C@H]1C/C=C/COc2c(F)cccc2[C@H](c2ccccc2)N2CN1C(=O)c1c(O)c(=O)ccn12. The first-order valence-corrected chi connectivity index (χ1v) is 46.6. The van der Waals surface area contributed by atoms with Crippen LogP contribution in [0.5, 0.6) is 46.0 Å². The summed E-state index contributed by atoms with van der Waals surface area (Å²) in [5.74, 6) is -5.59. The van der Waals surface area contributed by atoms with E-state index in [4.69, 9.17) is 18.9 Å². The van der Waals surface area contributed by atoms with Crippen LogP contribution in [0.1, 0.15) is 190 Å². The molecule has 0 unspecified atom stereocenters. The number of hydrogen-bond acceptors (Lipinski definition) is 20. The second-order valence-electron chi connectivity index (χ2n) is 34.5. The molecule has 4 N–H and O–H groups in total. The second kappa shape index (κ2) is 42.1. The molecule has 8 bridgehead atoms. The molecular weight excluding hydrogens is 1800 g/mol. The van der Waals surface area contributed by atoms with Crippen molar-refractivity contribution in [3.8, 4) is 46.0 Å². The normalized spacial score (nSPS) is 20.7. The molecule has 20 rings (SSSR count). The summed E-state index contributed by atoms with van der Waals surface area (Å²) in [5, 5.41) is 50.3. The van der Waals surface area contributed by atoms with Crippen LogP contribution in [0.3, 0.4) is 0 Å². The van der Waals surface area contributed by atoms with Gasteiger partial charge in [-0.3, -0.25) is 77.1 Å². The molecule has 0 radical (unpaired) electrons. The zero-order valence-corrected chi connectivity index (χ0v) is 77.2. The van der Waals surface area contributed by atoms with Crippen molar-refractivity contribution < 1.29 is 76.1 Å². The van der Waals surface area contributed by atoms with Gasteiger partial charge in [0.2, 0.25) is 21.7 Å². The maximum absolute atomic E-state index is 15.1. The summed E-state index contributed by atoms with van der Waals surface area (Å²) in [6.07, 6.45) is 25.7. The largest absolute Gasteiger partial charge is 0.502 e. The van der Waals surface area contributed by atoms with E-state index < -0.39 is 116 Å². The van der Waals surface area contributed by atoms with Crippen molar-refractivity contribution in [2.75, 3.05) is 73.1 Å². The highest BCUT2D eigenvalue weighted by atomic mass is 19.1. The molecule has 4 amide bonds. The van der Waals surface area contributed by atoms with E-state index in [9.17, 15) is 58.8 Å². The van der Waals surface area contributed by atoms with Crippen LogP contribution in [-0.2, 0) is 0 Å². The summed E-state index contributed by atoms with van der Waals surface area (Å²) < 4.78 is 90.1. The molecule has 140 heavy (non-hydrogen) atoms.